The smallest absolute Gasteiger partial charge is 0.0666 e. The van der Waals surface area contributed by atoms with Gasteiger partial charge in [0.05, 0.1) is 5.69 Å². The molecule has 0 aliphatic carbocycles. The third-order valence-corrected chi connectivity index (χ3v) is 2.32. The molecule has 1 rings (SSSR count). The van der Waals surface area contributed by atoms with Crippen molar-refractivity contribution < 1.29 is 0 Å². The maximum absolute atomic E-state index is 5.53. The van der Waals surface area contributed by atoms with Crippen LogP contribution in [0.5, 0.6) is 0 Å². The molecular formula is C10H20N4. The molecule has 0 aliphatic heterocycles. The monoisotopic (exact) mass is 196 g/mol. The first-order valence-electron chi connectivity index (χ1n) is 5.12. The van der Waals surface area contributed by atoms with Crippen LogP contribution in [0.1, 0.15) is 25.1 Å². The first-order valence-corrected chi connectivity index (χ1v) is 5.12. The van der Waals surface area contributed by atoms with Gasteiger partial charge in [-0.1, -0.05) is 6.92 Å². The van der Waals surface area contributed by atoms with Gasteiger partial charge in [0, 0.05) is 37.9 Å². The highest BCUT2D eigenvalue weighted by molar-refractivity contribution is 5.16. The van der Waals surface area contributed by atoms with Gasteiger partial charge in [0.2, 0.25) is 0 Å². The number of hydrogen-bond acceptors (Lipinski definition) is 3. The van der Waals surface area contributed by atoms with Crippen LogP contribution < -0.4 is 11.1 Å². The molecule has 0 aliphatic rings. The minimum absolute atomic E-state index is 0.361. The molecule has 14 heavy (non-hydrogen) atoms. The van der Waals surface area contributed by atoms with E-state index in [0.29, 0.717) is 12.6 Å². The second-order valence-corrected chi connectivity index (χ2v) is 3.65. The average molecular weight is 196 g/mol. The van der Waals surface area contributed by atoms with Crippen LogP contribution in [0.2, 0.25) is 0 Å². The van der Waals surface area contributed by atoms with Gasteiger partial charge in [0.1, 0.15) is 0 Å². The number of nitrogens with zero attached hydrogens (tertiary/aromatic N) is 2. The fraction of sp³-hybridized carbons (Fsp3) is 0.700. The summed E-state index contributed by atoms with van der Waals surface area (Å²) in [6.45, 7) is 5.73. The van der Waals surface area contributed by atoms with Gasteiger partial charge in [-0.2, -0.15) is 5.10 Å². The van der Waals surface area contributed by atoms with E-state index in [2.05, 4.69) is 30.5 Å². The summed E-state index contributed by atoms with van der Waals surface area (Å²) in [6.07, 6.45) is 3.05. The van der Waals surface area contributed by atoms with Crippen molar-refractivity contribution >= 4 is 0 Å². The van der Waals surface area contributed by atoms with E-state index in [-0.39, 0.29) is 0 Å². The predicted molar refractivity (Wildman–Crippen MR) is 57.9 cm³/mol. The Morgan fingerprint density at radius 2 is 2.36 bits per heavy atom. The van der Waals surface area contributed by atoms with Gasteiger partial charge in [-0.3, -0.25) is 4.68 Å². The normalized spacial score (nSPS) is 13.1. The van der Waals surface area contributed by atoms with Gasteiger partial charge < -0.3 is 11.1 Å². The minimum atomic E-state index is 0.361. The van der Waals surface area contributed by atoms with Crippen molar-refractivity contribution in [1.29, 1.82) is 0 Å². The molecule has 0 radical (unpaired) electrons. The Kier molecular flexibility index (Phi) is 4.10. The summed E-state index contributed by atoms with van der Waals surface area (Å²) in [4.78, 5) is 0. The molecule has 0 amide bonds. The number of nitrogens with two attached hydrogens (primary N) is 1. The largest absolute Gasteiger partial charge is 0.329 e. The van der Waals surface area contributed by atoms with E-state index in [0.717, 1.165) is 13.0 Å². The molecule has 4 heteroatoms. The van der Waals surface area contributed by atoms with Gasteiger partial charge in [0.15, 0.2) is 0 Å². The number of rotatable bonds is 5. The maximum atomic E-state index is 5.53. The molecule has 0 aromatic carbocycles. The first-order chi connectivity index (χ1) is 6.67. The molecule has 80 valence electrons. The Labute approximate surface area is 85.5 Å². The number of nitrogens with one attached hydrogen (secondary N) is 1. The summed E-state index contributed by atoms with van der Waals surface area (Å²) < 4.78 is 1.86. The molecule has 1 heterocycles. The maximum Gasteiger partial charge on any atom is 0.0666 e. The van der Waals surface area contributed by atoms with E-state index in [1.165, 1.54) is 11.3 Å². The summed E-state index contributed by atoms with van der Waals surface area (Å²) >= 11 is 0. The van der Waals surface area contributed by atoms with Crippen molar-refractivity contribution in [2.75, 3.05) is 6.54 Å². The van der Waals surface area contributed by atoms with E-state index in [9.17, 15) is 0 Å². The lowest BCUT2D eigenvalue weighted by molar-refractivity contribution is 0.554. The Morgan fingerprint density at radius 3 is 2.93 bits per heavy atom. The fourth-order valence-electron chi connectivity index (χ4n) is 1.40. The molecular weight excluding hydrogens is 176 g/mol. The van der Waals surface area contributed by atoms with Crippen LogP contribution in [-0.2, 0) is 20.0 Å². The summed E-state index contributed by atoms with van der Waals surface area (Å²) in [7, 11) is 1.95. The first kappa shape index (κ1) is 11.2. The van der Waals surface area contributed by atoms with Crippen molar-refractivity contribution in [3.63, 3.8) is 0 Å². The summed E-state index contributed by atoms with van der Waals surface area (Å²) in [5.74, 6) is 0. The van der Waals surface area contributed by atoms with Gasteiger partial charge in [-0.25, -0.2) is 0 Å². The van der Waals surface area contributed by atoms with Crippen LogP contribution in [0, 0.1) is 0 Å². The van der Waals surface area contributed by atoms with E-state index in [1.807, 2.05) is 11.7 Å². The highest BCUT2D eigenvalue weighted by atomic mass is 15.3. The van der Waals surface area contributed by atoms with E-state index < -0.39 is 0 Å². The molecule has 0 saturated carbocycles. The van der Waals surface area contributed by atoms with Gasteiger partial charge in [-0.15, -0.1) is 0 Å². The quantitative estimate of drug-likeness (QED) is 0.717. The van der Waals surface area contributed by atoms with Gasteiger partial charge in [0.25, 0.3) is 0 Å². The topological polar surface area (TPSA) is 55.9 Å². The van der Waals surface area contributed by atoms with Gasteiger partial charge in [-0.05, 0) is 13.3 Å². The summed E-state index contributed by atoms with van der Waals surface area (Å²) in [5, 5.41) is 7.74. The van der Waals surface area contributed by atoms with Crippen LogP contribution in [-0.4, -0.2) is 22.4 Å². The summed E-state index contributed by atoms with van der Waals surface area (Å²) in [5.41, 5.74) is 7.97. The standard InChI is InChI=1S/C10H20N4/c1-4-10-9(7-14(3)13-10)6-12-8(2)5-11/h7-8,12H,4-6,11H2,1-3H3/t8-/m0/s1. The third-order valence-electron chi connectivity index (χ3n) is 2.32. The van der Waals surface area contributed by atoms with Crippen LogP contribution in [0.4, 0.5) is 0 Å². The fourth-order valence-corrected chi connectivity index (χ4v) is 1.40. The number of aromatic nitrogens is 2. The molecule has 0 saturated heterocycles. The Morgan fingerprint density at radius 1 is 1.64 bits per heavy atom. The molecule has 3 N–H and O–H groups in total. The predicted octanol–water partition coefficient (Wildman–Crippen LogP) is 0.419. The highest BCUT2D eigenvalue weighted by Crippen LogP contribution is 2.06. The molecule has 0 spiro atoms. The zero-order valence-corrected chi connectivity index (χ0v) is 9.25. The summed E-state index contributed by atoms with van der Waals surface area (Å²) in [6, 6.07) is 0.361. The Hall–Kier alpha value is -0.870. The van der Waals surface area contributed by atoms with E-state index >= 15 is 0 Å². The third kappa shape index (κ3) is 2.82. The Balaban J connectivity index is 2.57. The highest BCUT2D eigenvalue weighted by Gasteiger charge is 2.06. The van der Waals surface area contributed by atoms with Crippen LogP contribution in [0.15, 0.2) is 6.20 Å². The van der Waals surface area contributed by atoms with Crippen LogP contribution in [0.3, 0.4) is 0 Å². The lowest BCUT2D eigenvalue weighted by atomic mass is 10.2. The van der Waals surface area contributed by atoms with Gasteiger partial charge >= 0.3 is 0 Å². The molecule has 1 aromatic heterocycles. The molecule has 0 unspecified atom stereocenters. The Bertz CT molecular complexity index is 280. The number of hydrogen-bond donors (Lipinski definition) is 2. The molecule has 1 aromatic rings. The minimum Gasteiger partial charge on any atom is -0.329 e. The lowest BCUT2D eigenvalue weighted by Crippen LogP contribution is -2.32. The van der Waals surface area contributed by atoms with Crippen molar-refractivity contribution in [3.8, 4) is 0 Å². The van der Waals surface area contributed by atoms with Crippen LogP contribution >= 0.6 is 0 Å². The number of aryl methyl sites for hydroxylation is 2. The molecule has 0 fully saturated rings. The van der Waals surface area contributed by atoms with Crippen molar-refractivity contribution in [3.05, 3.63) is 17.5 Å². The van der Waals surface area contributed by atoms with Crippen molar-refractivity contribution in [1.82, 2.24) is 15.1 Å². The van der Waals surface area contributed by atoms with Crippen molar-refractivity contribution in [2.24, 2.45) is 12.8 Å². The molecule has 1 atom stereocenters. The zero-order chi connectivity index (χ0) is 10.6. The molecule has 0 bridgehead atoms. The SMILES string of the molecule is CCc1nn(C)cc1CN[C@@H](C)CN. The van der Waals surface area contributed by atoms with Crippen LogP contribution in [0.25, 0.3) is 0 Å². The van der Waals surface area contributed by atoms with Crippen molar-refractivity contribution in [2.45, 2.75) is 32.9 Å². The molecule has 4 nitrogen and oxygen atoms in total. The second-order valence-electron chi connectivity index (χ2n) is 3.65. The average Bonchev–Trinajstić information content (AvgIpc) is 2.55. The zero-order valence-electron chi connectivity index (χ0n) is 9.25. The van der Waals surface area contributed by atoms with E-state index in [1.54, 1.807) is 0 Å². The van der Waals surface area contributed by atoms with E-state index in [4.69, 9.17) is 5.73 Å². The lowest BCUT2D eigenvalue weighted by Gasteiger charge is -2.10. The second kappa shape index (κ2) is 5.12.